The van der Waals surface area contributed by atoms with Gasteiger partial charge in [-0.15, -0.1) is 11.3 Å². The lowest BCUT2D eigenvalue weighted by molar-refractivity contribution is -0.144. The van der Waals surface area contributed by atoms with E-state index in [-0.39, 0.29) is 55.5 Å². The maximum atomic E-state index is 15.8. The number of benzene rings is 3. The Bertz CT molecular complexity index is 3110. The number of aliphatic hydroxyl groups excluding tert-OH is 1. The van der Waals surface area contributed by atoms with Crippen molar-refractivity contribution in [1.29, 1.82) is 5.26 Å². The molecule has 2 aliphatic heterocycles. The Hall–Kier alpha value is -7.00. The molecule has 4 amide bonds. The van der Waals surface area contributed by atoms with E-state index in [2.05, 4.69) is 20.6 Å². The standard InChI is InChI=1S/C54H56F6N8O7S2/c1-29(31-11-13-32(14-12-31)46-30(2)63-28-77-46)64-48(71)40-23-36(69)26-66(40)49(72)47(52(3,4)5)65-42(70)27-74-19-9-8-10-20-75-41-18-16-33(21-37(41)55)45-38(56)22-35(25-62-45)68-51(76)67(50(73)53(68,6)7)39-17-15-34(24-61)43(44(39)57)54(58,59)60/h11-18,21-22,25,28-29,36,40,47,69H,8-10,19-20,23,26-27H2,1-7H3,(H,64,71)(H,65,70)/t29-,36+,40-,47+/m0/s1. The van der Waals surface area contributed by atoms with Crippen LogP contribution in [0.4, 0.5) is 37.7 Å². The fraction of sp³-hybridized carbons (Fsp3) is 0.407. The molecule has 0 bridgehead atoms. The maximum Gasteiger partial charge on any atom is 0.420 e. The fourth-order valence-corrected chi connectivity index (χ4v) is 10.5. The molecule has 2 fully saturated rings. The zero-order chi connectivity index (χ0) is 56.3. The summed E-state index contributed by atoms with van der Waals surface area (Å²) in [7, 11) is 0. The molecule has 3 N–H and O–H groups in total. The number of aliphatic hydroxyl groups is 1. The van der Waals surface area contributed by atoms with Gasteiger partial charge in [0.05, 0.1) is 64.0 Å². The number of ether oxygens (including phenoxy) is 2. The predicted molar refractivity (Wildman–Crippen MR) is 279 cm³/mol. The molecule has 15 nitrogen and oxygen atoms in total. The van der Waals surface area contributed by atoms with Crippen LogP contribution in [0.25, 0.3) is 21.7 Å². The van der Waals surface area contributed by atoms with Crippen LogP contribution in [0.5, 0.6) is 5.75 Å². The lowest BCUT2D eigenvalue weighted by atomic mass is 9.85. The molecule has 0 aliphatic carbocycles. The first-order chi connectivity index (χ1) is 36.2. The second-order valence-corrected chi connectivity index (χ2v) is 21.5. The van der Waals surface area contributed by atoms with Crippen molar-refractivity contribution in [2.45, 2.75) is 110 Å². The number of unbranched alkanes of at least 4 members (excludes halogenated alkanes) is 2. The van der Waals surface area contributed by atoms with Crippen molar-refractivity contribution in [2.75, 3.05) is 36.2 Å². The number of hydrogen-bond donors (Lipinski definition) is 3. The Morgan fingerprint density at radius 2 is 1.65 bits per heavy atom. The van der Waals surface area contributed by atoms with E-state index in [1.165, 1.54) is 36.9 Å². The van der Waals surface area contributed by atoms with Crippen LogP contribution in [0, 0.1) is 41.1 Å². The number of carbonyl (C=O) groups excluding carboxylic acids is 4. The van der Waals surface area contributed by atoms with Crippen molar-refractivity contribution >= 4 is 63.7 Å². The number of hydrogen-bond acceptors (Lipinski definition) is 12. The zero-order valence-electron chi connectivity index (χ0n) is 43.1. The quantitative estimate of drug-likeness (QED) is 0.0429. The summed E-state index contributed by atoms with van der Waals surface area (Å²) >= 11 is 6.97. The highest BCUT2D eigenvalue weighted by atomic mass is 32.1. The summed E-state index contributed by atoms with van der Waals surface area (Å²) < 4.78 is 99.1. The molecule has 0 saturated carbocycles. The van der Waals surface area contributed by atoms with Crippen molar-refractivity contribution in [3.63, 3.8) is 0 Å². The van der Waals surface area contributed by atoms with Gasteiger partial charge in [-0.1, -0.05) is 45.0 Å². The van der Waals surface area contributed by atoms with Crippen LogP contribution in [-0.4, -0.2) is 98.8 Å². The number of likely N-dealkylation sites (tertiary alicyclic amines) is 1. The number of aryl methyl sites for hydroxylation is 1. The van der Waals surface area contributed by atoms with Gasteiger partial charge in [-0.25, -0.2) is 18.2 Å². The Labute approximate surface area is 450 Å². The number of anilines is 2. The summed E-state index contributed by atoms with van der Waals surface area (Å²) in [5.74, 6) is -6.24. The third-order valence-electron chi connectivity index (χ3n) is 13.2. The SMILES string of the molecule is Cc1ncsc1-c1ccc([C@H](C)NC(=O)[C@@H]2C[C@@H](O)CN2C(=O)[C@@H](NC(=O)COCCCCCOc2ccc(-c3ncc(N4C(=S)N(c5ccc(C#N)c(C(F)(F)F)c5F)C(=O)C4(C)C)cc3F)cc2F)C(C)(C)C)cc1. The van der Waals surface area contributed by atoms with Gasteiger partial charge in [0.1, 0.15) is 35.5 Å². The van der Waals surface area contributed by atoms with Crippen LogP contribution in [0.1, 0.15) is 95.7 Å². The van der Waals surface area contributed by atoms with E-state index in [0.29, 0.717) is 24.2 Å². The van der Waals surface area contributed by atoms with E-state index in [1.807, 2.05) is 38.1 Å². The smallest absolute Gasteiger partial charge is 0.420 e. The highest BCUT2D eigenvalue weighted by Crippen LogP contribution is 2.43. The molecule has 408 valence electrons. The van der Waals surface area contributed by atoms with Crippen molar-refractivity contribution in [3.05, 3.63) is 112 Å². The van der Waals surface area contributed by atoms with E-state index in [9.17, 15) is 42.7 Å². The number of nitriles is 1. The first-order valence-corrected chi connectivity index (χ1v) is 25.8. The number of amides is 4. The molecule has 3 aromatic carbocycles. The monoisotopic (exact) mass is 1110 g/mol. The number of nitrogens with zero attached hydrogens (tertiary/aromatic N) is 6. The van der Waals surface area contributed by atoms with Gasteiger partial charge in [-0.3, -0.25) is 29.1 Å². The Morgan fingerprint density at radius 3 is 2.27 bits per heavy atom. The Morgan fingerprint density at radius 1 is 0.961 bits per heavy atom. The minimum atomic E-state index is -5.28. The number of rotatable bonds is 18. The van der Waals surface area contributed by atoms with Crippen molar-refractivity contribution in [1.82, 2.24) is 25.5 Å². The molecule has 2 aromatic heterocycles. The van der Waals surface area contributed by atoms with Gasteiger partial charge in [0.15, 0.2) is 28.3 Å². The highest BCUT2D eigenvalue weighted by Gasteiger charge is 2.52. The van der Waals surface area contributed by atoms with Crippen LogP contribution in [-0.2, 0) is 30.1 Å². The van der Waals surface area contributed by atoms with Gasteiger partial charge in [-0.2, -0.15) is 18.4 Å². The lowest BCUT2D eigenvalue weighted by Gasteiger charge is -2.35. The molecular formula is C54H56F6N8O7S2. The number of nitrogens with one attached hydrogen (secondary N) is 2. The van der Waals surface area contributed by atoms with Crippen LogP contribution in [0.3, 0.4) is 0 Å². The summed E-state index contributed by atoms with van der Waals surface area (Å²) in [5, 5.41) is 25.1. The molecule has 0 unspecified atom stereocenters. The topological polar surface area (TPSA) is 190 Å². The fourth-order valence-electron chi connectivity index (χ4n) is 9.12. The van der Waals surface area contributed by atoms with Crippen molar-refractivity contribution in [2.24, 2.45) is 5.41 Å². The van der Waals surface area contributed by atoms with Crippen LogP contribution < -0.4 is 25.2 Å². The molecule has 0 radical (unpaired) electrons. The number of aromatic nitrogens is 2. The average molecular weight is 1110 g/mol. The molecule has 0 spiro atoms. The Balaban J connectivity index is 0.861. The number of halogens is 6. The second kappa shape index (κ2) is 23.3. The van der Waals surface area contributed by atoms with E-state index in [0.717, 1.165) is 57.1 Å². The van der Waals surface area contributed by atoms with E-state index in [1.54, 1.807) is 37.6 Å². The van der Waals surface area contributed by atoms with Crippen LogP contribution in [0.2, 0.25) is 0 Å². The first-order valence-electron chi connectivity index (χ1n) is 24.5. The van der Waals surface area contributed by atoms with E-state index in [4.69, 9.17) is 21.7 Å². The van der Waals surface area contributed by atoms with Crippen LogP contribution >= 0.6 is 23.6 Å². The third-order valence-corrected chi connectivity index (χ3v) is 14.6. The molecular weight excluding hydrogens is 1050 g/mol. The largest absolute Gasteiger partial charge is 0.491 e. The molecule has 5 aromatic rings. The molecule has 4 atom stereocenters. The Kier molecular flexibility index (Phi) is 17.5. The second-order valence-electron chi connectivity index (χ2n) is 20.3. The molecule has 2 saturated heterocycles. The average Bonchev–Trinajstić information content (AvgIpc) is 4.03. The molecule has 4 heterocycles. The summed E-state index contributed by atoms with van der Waals surface area (Å²) in [5.41, 5.74) is -1.97. The van der Waals surface area contributed by atoms with Gasteiger partial charge in [0.2, 0.25) is 17.7 Å². The summed E-state index contributed by atoms with van der Waals surface area (Å²) in [6.07, 6.45) is -3.51. The number of carbonyl (C=O) groups is 4. The lowest BCUT2D eigenvalue weighted by Crippen LogP contribution is -2.58. The molecule has 77 heavy (non-hydrogen) atoms. The van der Waals surface area contributed by atoms with Gasteiger partial charge in [-0.05, 0) is 106 Å². The minimum absolute atomic E-state index is 0.0202. The molecule has 7 rings (SSSR count). The normalized spacial score (nSPS) is 17.3. The minimum Gasteiger partial charge on any atom is -0.491 e. The van der Waals surface area contributed by atoms with Gasteiger partial charge in [0, 0.05) is 31.2 Å². The number of thiocarbonyl (C=S) groups is 1. The van der Waals surface area contributed by atoms with Crippen molar-refractivity contribution < 1.29 is 60.1 Å². The summed E-state index contributed by atoms with van der Waals surface area (Å²) in [4.78, 5) is 66.9. The third kappa shape index (κ3) is 12.6. The van der Waals surface area contributed by atoms with Gasteiger partial charge < -0.3 is 35.0 Å². The predicted octanol–water partition coefficient (Wildman–Crippen LogP) is 9.34. The van der Waals surface area contributed by atoms with Crippen molar-refractivity contribution in [3.8, 4) is 33.5 Å². The summed E-state index contributed by atoms with van der Waals surface area (Å²) in [6.45, 7) is 11.7. The highest BCUT2D eigenvalue weighted by molar-refractivity contribution is 7.81. The summed E-state index contributed by atoms with van der Waals surface area (Å²) in [6, 6.07) is 12.8. The number of β-amino-alcohol motifs (C(OH)–C–C–N with tert-alkyl or cyclic N) is 1. The van der Waals surface area contributed by atoms with E-state index < -0.39 is 104 Å². The molecule has 2 aliphatic rings. The number of pyridine rings is 1. The number of thiazole rings is 1. The number of alkyl halides is 3. The zero-order valence-corrected chi connectivity index (χ0v) is 44.7. The van der Waals surface area contributed by atoms with Crippen LogP contribution in [0.15, 0.2) is 72.4 Å². The van der Waals surface area contributed by atoms with Gasteiger partial charge >= 0.3 is 6.18 Å². The van der Waals surface area contributed by atoms with E-state index >= 15 is 13.2 Å². The molecule has 23 heteroatoms. The van der Waals surface area contributed by atoms with Gasteiger partial charge in [0.25, 0.3) is 5.91 Å². The maximum absolute atomic E-state index is 15.8. The first kappa shape index (κ1) is 57.7.